The number of benzene rings is 2. The van der Waals surface area contributed by atoms with Crippen LogP contribution in [0.4, 0.5) is 0 Å². The molecule has 5 rings (SSSR count). The first-order valence-corrected chi connectivity index (χ1v) is 9.22. The van der Waals surface area contributed by atoms with Gasteiger partial charge in [-0.25, -0.2) is 4.98 Å². The highest BCUT2D eigenvalue weighted by Gasteiger charge is 2.16. The summed E-state index contributed by atoms with van der Waals surface area (Å²) in [6.07, 6.45) is 0. The van der Waals surface area contributed by atoms with Crippen LogP contribution in [0.3, 0.4) is 0 Å². The SMILES string of the molecule is Clc1cccc(-c2cc(-c3ccsc3)c3oc4ccccc4c3n2)c1. The Morgan fingerprint density at radius 1 is 0.920 bits per heavy atom. The Balaban J connectivity index is 1.89. The molecule has 0 aliphatic rings. The third-order valence-electron chi connectivity index (χ3n) is 4.28. The second-order valence-electron chi connectivity index (χ2n) is 5.85. The van der Waals surface area contributed by atoms with Crippen molar-refractivity contribution in [2.75, 3.05) is 0 Å². The maximum absolute atomic E-state index is 6.18. The molecule has 0 unspecified atom stereocenters. The number of aromatic nitrogens is 1. The lowest BCUT2D eigenvalue weighted by atomic mass is 10.0. The minimum Gasteiger partial charge on any atom is -0.454 e. The fourth-order valence-corrected chi connectivity index (χ4v) is 3.95. The van der Waals surface area contributed by atoms with Crippen LogP contribution in [0.25, 0.3) is 44.5 Å². The van der Waals surface area contributed by atoms with E-state index >= 15 is 0 Å². The van der Waals surface area contributed by atoms with Gasteiger partial charge in [-0.3, -0.25) is 0 Å². The van der Waals surface area contributed by atoms with Crippen molar-refractivity contribution in [2.45, 2.75) is 0 Å². The molecule has 0 bridgehead atoms. The number of hydrogen-bond donors (Lipinski definition) is 0. The van der Waals surface area contributed by atoms with Crippen LogP contribution in [-0.4, -0.2) is 4.98 Å². The molecule has 3 aromatic heterocycles. The Bertz CT molecular complexity index is 1210. The van der Waals surface area contributed by atoms with Crippen LogP contribution in [0.15, 0.2) is 75.8 Å². The van der Waals surface area contributed by atoms with Crippen LogP contribution < -0.4 is 0 Å². The third-order valence-corrected chi connectivity index (χ3v) is 5.20. The van der Waals surface area contributed by atoms with E-state index in [0.717, 1.165) is 44.5 Å². The van der Waals surface area contributed by atoms with E-state index < -0.39 is 0 Å². The van der Waals surface area contributed by atoms with Crippen LogP contribution in [0.2, 0.25) is 5.02 Å². The highest BCUT2D eigenvalue weighted by Crippen LogP contribution is 2.38. The molecule has 120 valence electrons. The number of rotatable bonds is 2. The van der Waals surface area contributed by atoms with Gasteiger partial charge in [0, 0.05) is 21.5 Å². The summed E-state index contributed by atoms with van der Waals surface area (Å²) in [5, 5.41) is 5.93. The zero-order valence-electron chi connectivity index (χ0n) is 13.1. The Morgan fingerprint density at radius 3 is 2.68 bits per heavy atom. The first kappa shape index (κ1) is 14.7. The lowest BCUT2D eigenvalue weighted by Crippen LogP contribution is -1.87. The number of hydrogen-bond acceptors (Lipinski definition) is 3. The molecule has 0 N–H and O–H groups in total. The van der Waals surface area contributed by atoms with Crippen LogP contribution in [-0.2, 0) is 0 Å². The molecule has 0 aliphatic heterocycles. The van der Waals surface area contributed by atoms with E-state index in [4.69, 9.17) is 21.0 Å². The molecule has 0 amide bonds. The van der Waals surface area contributed by atoms with E-state index in [1.165, 1.54) is 0 Å². The zero-order valence-corrected chi connectivity index (χ0v) is 14.6. The fourth-order valence-electron chi connectivity index (χ4n) is 3.11. The van der Waals surface area contributed by atoms with Crippen molar-refractivity contribution in [3.63, 3.8) is 0 Å². The number of para-hydroxylation sites is 1. The third kappa shape index (κ3) is 2.44. The molecular weight excluding hydrogens is 350 g/mol. The van der Waals surface area contributed by atoms with E-state index in [0.29, 0.717) is 5.02 Å². The maximum Gasteiger partial charge on any atom is 0.161 e. The Kier molecular flexibility index (Phi) is 3.37. The van der Waals surface area contributed by atoms with E-state index in [2.05, 4.69) is 22.9 Å². The van der Waals surface area contributed by atoms with Crippen molar-refractivity contribution >= 4 is 45.0 Å². The molecule has 5 aromatic rings. The number of nitrogens with zero attached hydrogens (tertiary/aromatic N) is 1. The van der Waals surface area contributed by atoms with Crippen LogP contribution >= 0.6 is 22.9 Å². The predicted molar refractivity (Wildman–Crippen MR) is 105 cm³/mol. The molecular formula is C21H12ClNOS. The largest absolute Gasteiger partial charge is 0.454 e. The number of fused-ring (bicyclic) bond motifs is 3. The molecule has 0 aliphatic carbocycles. The van der Waals surface area contributed by atoms with Gasteiger partial charge in [0.1, 0.15) is 11.1 Å². The van der Waals surface area contributed by atoms with E-state index in [1.807, 2.05) is 48.5 Å². The predicted octanol–water partition coefficient (Wildman–Crippen LogP) is 7.03. The van der Waals surface area contributed by atoms with Gasteiger partial charge < -0.3 is 4.42 Å². The highest BCUT2D eigenvalue weighted by atomic mass is 35.5. The number of pyridine rings is 1. The molecule has 0 saturated heterocycles. The summed E-state index contributed by atoms with van der Waals surface area (Å²) in [6, 6.07) is 20.0. The minimum absolute atomic E-state index is 0.702. The molecule has 2 nitrogen and oxygen atoms in total. The second kappa shape index (κ2) is 5.73. The molecule has 4 heteroatoms. The molecule has 25 heavy (non-hydrogen) atoms. The first-order valence-electron chi connectivity index (χ1n) is 7.90. The summed E-state index contributed by atoms with van der Waals surface area (Å²) in [5.41, 5.74) is 6.64. The first-order chi connectivity index (χ1) is 12.3. The quantitative estimate of drug-likeness (QED) is 0.337. The molecule has 2 aromatic carbocycles. The minimum atomic E-state index is 0.702. The van der Waals surface area contributed by atoms with E-state index in [9.17, 15) is 0 Å². The van der Waals surface area contributed by atoms with Crippen LogP contribution in [0.5, 0.6) is 0 Å². The smallest absolute Gasteiger partial charge is 0.161 e. The summed E-state index contributed by atoms with van der Waals surface area (Å²) in [5.74, 6) is 0. The van der Waals surface area contributed by atoms with Gasteiger partial charge >= 0.3 is 0 Å². The number of furan rings is 1. The van der Waals surface area contributed by atoms with E-state index in [1.54, 1.807) is 11.3 Å². The Labute approximate surface area is 153 Å². The van der Waals surface area contributed by atoms with Crippen molar-refractivity contribution in [1.29, 1.82) is 0 Å². The van der Waals surface area contributed by atoms with Crippen molar-refractivity contribution in [2.24, 2.45) is 0 Å². The van der Waals surface area contributed by atoms with Gasteiger partial charge in [0.25, 0.3) is 0 Å². The Hall–Kier alpha value is -2.62. The Morgan fingerprint density at radius 2 is 1.84 bits per heavy atom. The molecule has 0 radical (unpaired) electrons. The maximum atomic E-state index is 6.18. The van der Waals surface area contributed by atoms with Crippen molar-refractivity contribution in [3.8, 4) is 22.4 Å². The van der Waals surface area contributed by atoms with Gasteiger partial charge in [0.15, 0.2) is 5.58 Å². The summed E-state index contributed by atoms with van der Waals surface area (Å²) < 4.78 is 6.14. The lowest BCUT2D eigenvalue weighted by Gasteiger charge is -2.06. The average molecular weight is 362 g/mol. The fraction of sp³-hybridized carbons (Fsp3) is 0. The molecule has 0 saturated carbocycles. The molecule has 0 fully saturated rings. The monoisotopic (exact) mass is 361 g/mol. The standard InChI is InChI=1S/C21H12ClNOS/c22-15-5-3-4-13(10-15)18-11-17(14-8-9-25-12-14)21-20(23-18)16-6-1-2-7-19(16)24-21/h1-12H. The van der Waals surface area contributed by atoms with E-state index in [-0.39, 0.29) is 0 Å². The van der Waals surface area contributed by atoms with Crippen molar-refractivity contribution in [3.05, 3.63) is 76.4 Å². The van der Waals surface area contributed by atoms with Gasteiger partial charge in [-0.15, -0.1) is 0 Å². The van der Waals surface area contributed by atoms with Crippen molar-refractivity contribution in [1.82, 2.24) is 4.98 Å². The highest BCUT2D eigenvalue weighted by molar-refractivity contribution is 7.08. The average Bonchev–Trinajstić information content (AvgIpc) is 3.29. The van der Waals surface area contributed by atoms with Gasteiger partial charge in [-0.05, 0) is 52.7 Å². The lowest BCUT2D eigenvalue weighted by molar-refractivity contribution is 0.669. The van der Waals surface area contributed by atoms with Crippen LogP contribution in [0, 0.1) is 0 Å². The van der Waals surface area contributed by atoms with Crippen molar-refractivity contribution < 1.29 is 4.42 Å². The molecule has 3 heterocycles. The summed E-state index contributed by atoms with van der Waals surface area (Å²) >= 11 is 7.85. The second-order valence-corrected chi connectivity index (χ2v) is 7.07. The number of halogens is 1. The van der Waals surface area contributed by atoms with Crippen LogP contribution in [0.1, 0.15) is 0 Å². The normalized spacial score (nSPS) is 11.4. The molecule has 0 spiro atoms. The summed E-state index contributed by atoms with van der Waals surface area (Å²) in [4.78, 5) is 4.90. The zero-order chi connectivity index (χ0) is 16.8. The summed E-state index contributed by atoms with van der Waals surface area (Å²) in [6.45, 7) is 0. The number of thiophene rings is 1. The topological polar surface area (TPSA) is 26.0 Å². The van der Waals surface area contributed by atoms with Gasteiger partial charge in [0.2, 0.25) is 0 Å². The summed E-state index contributed by atoms with van der Waals surface area (Å²) in [7, 11) is 0. The van der Waals surface area contributed by atoms with Gasteiger partial charge in [-0.2, -0.15) is 11.3 Å². The molecule has 0 atom stereocenters. The van der Waals surface area contributed by atoms with Gasteiger partial charge in [-0.1, -0.05) is 35.9 Å². The van der Waals surface area contributed by atoms with Gasteiger partial charge in [0.05, 0.1) is 5.69 Å².